The van der Waals surface area contributed by atoms with Gasteiger partial charge in [-0.2, -0.15) is 0 Å². The molecule has 8 heteroatoms. The summed E-state index contributed by atoms with van der Waals surface area (Å²) >= 11 is 0. The topological polar surface area (TPSA) is 92.0 Å². The number of para-hydroxylation sites is 1. The van der Waals surface area contributed by atoms with Crippen molar-refractivity contribution in [2.75, 3.05) is 44.2 Å². The molecule has 0 saturated carbocycles. The van der Waals surface area contributed by atoms with Crippen LogP contribution in [-0.4, -0.2) is 65.3 Å². The molecule has 0 bridgehead atoms. The maximum absolute atomic E-state index is 10.7. The molecule has 1 unspecified atom stereocenters. The van der Waals surface area contributed by atoms with Crippen LogP contribution in [0.1, 0.15) is 5.69 Å². The molecule has 1 fully saturated rings. The van der Waals surface area contributed by atoms with Crippen LogP contribution in [0.3, 0.4) is 0 Å². The van der Waals surface area contributed by atoms with Crippen molar-refractivity contribution in [3.63, 3.8) is 0 Å². The molecule has 3 aromatic rings. The summed E-state index contributed by atoms with van der Waals surface area (Å²) in [5, 5.41) is 22.2. The van der Waals surface area contributed by atoms with E-state index in [-0.39, 0.29) is 12.3 Å². The van der Waals surface area contributed by atoms with Crippen molar-refractivity contribution < 1.29 is 14.8 Å². The summed E-state index contributed by atoms with van der Waals surface area (Å²) in [5.74, 6) is 0.509. The third-order valence-electron chi connectivity index (χ3n) is 5.49. The number of aliphatic hydroxyl groups excluding tert-OH is 1. The van der Waals surface area contributed by atoms with E-state index in [9.17, 15) is 15.2 Å². The number of hydrogen-bond acceptors (Lipinski definition) is 7. The minimum Gasteiger partial charge on any atom is -0.491 e. The Kier molecular flexibility index (Phi) is 6.29. The van der Waals surface area contributed by atoms with E-state index in [1.165, 1.54) is 17.8 Å². The number of nitro groups is 1. The largest absolute Gasteiger partial charge is 0.491 e. The van der Waals surface area contributed by atoms with Gasteiger partial charge in [0.1, 0.15) is 18.5 Å². The zero-order valence-corrected chi connectivity index (χ0v) is 17.5. The SMILES string of the molecule is Cc1cc(N2CCN(CC(O)COc3ccc([N+](=O)[O-])cc3)CC2)c2ccccc2n1. The number of benzene rings is 2. The fourth-order valence-electron chi connectivity index (χ4n) is 3.93. The van der Waals surface area contributed by atoms with Crippen LogP contribution < -0.4 is 9.64 Å². The van der Waals surface area contributed by atoms with Crippen LogP contribution in [0.15, 0.2) is 54.6 Å². The fourth-order valence-corrected chi connectivity index (χ4v) is 3.93. The van der Waals surface area contributed by atoms with Gasteiger partial charge in [-0.25, -0.2) is 0 Å². The van der Waals surface area contributed by atoms with Gasteiger partial charge in [-0.3, -0.25) is 20.0 Å². The molecule has 4 rings (SSSR count). The van der Waals surface area contributed by atoms with E-state index in [1.807, 2.05) is 25.1 Å². The van der Waals surface area contributed by atoms with Gasteiger partial charge < -0.3 is 14.7 Å². The van der Waals surface area contributed by atoms with Crippen molar-refractivity contribution in [2.24, 2.45) is 0 Å². The maximum atomic E-state index is 10.7. The number of rotatable bonds is 7. The van der Waals surface area contributed by atoms with E-state index in [1.54, 1.807) is 12.1 Å². The molecule has 0 amide bonds. The number of nitro benzene ring substituents is 1. The Morgan fingerprint density at radius 3 is 2.55 bits per heavy atom. The smallest absolute Gasteiger partial charge is 0.269 e. The van der Waals surface area contributed by atoms with Gasteiger partial charge in [-0.1, -0.05) is 18.2 Å². The van der Waals surface area contributed by atoms with E-state index in [4.69, 9.17) is 4.74 Å². The monoisotopic (exact) mass is 422 g/mol. The number of aromatic nitrogens is 1. The highest BCUT2D eigenvalue weighted by Crippen LogP contribution is 2.27. The molecular weight excluding hydrogens is 396 g/mol. The third kappa shape index (κ3) is 5.10. The quantitative estimate of drug-likeness (QED) is 0.462. The highest BCUT2D eigenvalue weighted by atomic mass is 16.6. The van der Waals surface area contributed by atoms with Gasteiger partial charge in [0, 0.05) is 61.6 Å². The molecule has 0 radical (unpaired) electrons. The number of aliphatic hydroxyl groups is 1. The Morgan fingerprint density at radius 1 is 1.13 bits per heavy atom. The van der Waals surface area contributed by atoms with E-state index in [0.717, 1.165) is 42.8 Å². The van der Waals surface area contributed by atoms with Crippen LogP contribution in [0.5, 0.6) is 5.75 Å². The van der Waals surface area contributed by atoms with Gasteiger partial charge in [0.15, 0.2) is 0 Å². The van der Waals surface area contributed by atoms with E-state index >= 15 is 0 Å². The average Bonchev–Trinajstić information content (AvgIpc) is 2.78. The second-order valence-corrected chi connectivity index (χ2v) is 7.80. The minimum atomic E-state index is -0.634. The van der Waals surface area contributed by atoms with Gasteiger partial charge in [-0.15, -0.1) is 0 Å². The first kappa shape index (κ1) is 21.0. The molecule has 1 saturated heterocycles. The summed E-state index contributed by atoms with van der Waals surface area (Å²) in [5.41, 5.74) is 3.25. The summed E-state index contributed by atoms with van der Waals surface area (Å²) < 4.78 is 5.58. The molecule has 2 heterocycles. The summed E-state index contributed by atoms with van der Waals surface area (Å²) in [6, 6.07) is 16.2. The lowest BCUT2D eigenvalue weighted by Gasteiger charge is -2.37. The zero-order valence-electron chi connectivity index (χ0n) is 17.5. The normalized spacial score (nSPS) is 15.7. The zero-order chi connectivity index (χ0) is 21.8. The summed E-state index contributed by atoms with van der Waals surface area (Å²) in [6.07, 6.45) is -0.634. The lowest BCUT2D eigenvalue weighted by molar-refractivity contribution is -0.384. The lowest BCUT2D eigenvalue weighted by Crippen LogP contribution is -2.49. The van der Waals surface area contributed by atoms with Crippen molar-refractivity contribution in [2.45, 2.75) is 13.0 Å². The number of piperazine rings is 1. The minimum absolute atomic E-state index is 0.0166. The molecule has 1 aliphatic rings. The number of anilines is 1. The first-order valence-corrected chi connectivity index (χ1v) is 10.4. The second kappa shape index (κ2) is 9.28. The fraction of sp³-hybridized carbons (Fsp3) is 0.348. The Labute approximate surface area is 180 Å². The van der Waals surface area contributed by atoms with Gasteiger partial charge in [0.05, 0.1) is 10.4 Å². The third-order valence-corrected chi connectivity index (χ3v) is 5.49. The molecule has 1 aromatic heterocycles. The van der Waals surface area contributed by atoms with Crippen LogP contribution in [0.25, 0.3) is 10.9 Å². The molecular formula is C23H26N4O4. The number of β-amino-alcohol motifs (C(OH)–C–C–N with tert-alkyl or cyclic N) is 1. The molecule has 1 atom stereocenters. The first-order chi connectivity index (χ1) is 15.0. The highest BCUT2D eigenvalue weighted by Gasteiger charge is 2.21. The van der Waals surface area contributed by atoms with Crippen molar-refractivity contribution in [3.05, 3.63) is 70.4 Å². The molecule has 8 nitrogen and oxygen atoms in total. The second-order valence-electron chi connectivity index (χ2n) is 7.80. The number of nitrogens with zero attached hydrogens (tertiary/aromatic N) is 4. The van der Waals surface area contributed by atoms with Crippen molar-refractivity contribution in [1.82, 2.24) is 9.88 Å². The maximum Gasteiger partial charge on any atom is 0.269 e. The number of pyridine rings is 1. The summed E-state index contributed by atoms with van der Waals surface area (Å²) in [6.45, 7) is 6.15. The predicted octanol–water partition coefficient (Wildman–Crippen LogP) is 3.01. The molecule has 162 valence electrons. The first-order valence-electron chi connectivity index (χ1n) is 10.4. The molecule has 31 heavy (non-hydrogen) atoms. The van der Waals surface area contributed by atoms with Crippen LogP contribution in [0.4, 0.5) is 11.4 Å². The Morgan fingerprint density at radius 2 is 1.84 bits per heavy atom. The van der Waals surface area contributed by atoms with Crippen molar-refractivity contribution in [1.29, 1.82) is 0 Å². The molecule has 0 aliphatic carbocycles. The van der Waals surface area contributed by atoms with Crippen LogP contribution in [-0.2, 0) is 0 Å². The van der Waals surface area contributed by atoms with Crippen LogP contribution in [0.2, 0.25) is 0 Å². The van der Waals surface area contributed by atoms with E-state index in [0.29, 0.717) is 12.3 Å². The van der Waals surface area contributed by atoms with Gasteiger partial charge in [-0.05, 0) is 31.2 Å². The molecule has 1 aliphatic heterocycles. The Balaban J connectivity index is 1.29. The molecule has 2 aromatic carbocycles. The molecule has 0 spiro atoms. The Bertz CT molecular complexity index is 1050. The number of fused-ring (bicyclic) bond motifs is 1. The number of non-ortho nitro benzene ring substituents is 1. The lowest BCUT2D eigenvalue weighted by atomic mass is 10.1. The van der Waals surface area contributed by atoms with Crippen LogP contribution in [0, 0.1) is 17.0 Å². The number of aryl methyl sites for hydroxylation is 1. The summed E-state index contributed by atoms with van der Waals surface area (Å²) in [4.78, 5) is 19.5. The van der Waals surface area contributed by atoms with Gasteiger partial charge >= 0.3 is 0 Å². The summed E-state index contributed by atoms with van der Waals surface area (Å²) in [7, 11) is 0. The van der Waals surface area contributed by atoms with Crippen molar-refractivity contribution >= 4 is 22.3 Å². The molecule has 1 N–H and O–H groups in total. The van der Waals surface area contributed by atoms with Crippen molar-refractivity contribution in [3.8, 4) is 5.75 Å². The standard InChI is InChI=1S/C23H26N4O4/c1-17-14-23(21-4-2-3-5-22(21)24-17)26-12-10-25(11-13-26)15-19(28)16-31-20-8-6-18(7-9-20)27(29)30/h2-9,14,19,28H,10-13,15-16H2,1H3. The predicted molar refractivity (Wildman–Crippen MR) is 120 cm³/mol. The van der Waals surface area contributed by atoms with E-state index in [2.05, 4.69) is 26.9 Å². The van der Waals surface area contributed by atoms with Gasteiger partial charge in [0.2, 0.25) is 0 Å². The number of ether oxygens (including phenoxy) is 1. The van der Waals surface area contributed by atoms with E-state index < -0.39 is 11.0 Å². The number of hydrogen-bond donors (Lipinski definition) is 1. The van der Waals surface area contributed by atoms with Gasteiger partial charge in [0.25, 0.3) is 5.69 Å². The highest BCUT2D eigenvalue weighted by molar-refractivity contribution is 5.92. The Hall–Kier alpha value is -3.23. The van der Waals surface area contributed by atoms with Crippen LogP contribution >= 0.6 is 0 Å². The average molecular weight is 422 g/mol.